The highest BCUT2D eigenvalue weighted by Gasteiger charge is 2.29. The molecule has 1 fully saturated rings. The summed E-state index contributed by atoms with van der Waals surface area (Å²) in [6.45, 7) is 8.60. The van der Waals surface area contributed by atoms with E-state index in [0.29, 0.717) is 6.04 Å². The van der Waals surface area contributed by atoms with E-state index in [-0.39, 0.29) is 0 Å². The van der Waals surface area contributed by atoms with Gasteiger partial charge >= 0.3 is 0 Å². The van der Waals surface area contributed by atoms with E-state index in [0.717, 1.165) is 31.0 Å². The molecule has 0 amide bonds. The van der Waals surface area contributed by atoms with Crippen LogP contribution in [0.2, 0.25) is 0 Å². The number of nitrogens with zero attached hydrogens (tertiary/aromatic N) is 2. The smallest absolute Gasteiger partial charge is 0.154 e. The first kappa shape index (κ1) is 14.3. The molecule has 3 nitrogen and oxygen atoms in total. The summed E-state index contributed by atoms with van der Waals surface area (Å²) in [6.07, 6.45) is 3.34. The van der Waals surface area contributed by atoms with Crippen LogP contribution in [0.15, 0.2) is 28.8 Å². The number of benzene rings is 1. The predicted octanol–water partition coefficient (Wildman–Crippen LogP) is 4.19. The van der Waals surface area contributed by atoms with E-state index >= 15 is 0 Å². The van der Waals surface area contributed by atoms with Gasteiger partial charge in [0, 0.05) is 12.6 Å². The summed E-state index contributed by atoms with van der Waals surface area (Å²) in [5.74, 6) is 1.04. The van der Waals surface area contributed by atoms with E-state index in [1.807, 2.05) is 0 Å². The van der Waals surface area contributed by atoms with Crippen LogP contribution in [-0.4, -0.2) is 16.6 Å². The molecule has 1 aliphatic heterocycles. The van der Waals surface area contributed by atoms with Crippen LogP contribution in [0, 0.1) is 13.8 Å². The van der Waals surface area contributed by atoms with E-state index in [2.05, 4.69) is 55.1 Å². The summed E-state index contributed by atoms with van der Waals surface area (Å²) in [5, 5.41) is 4.14. The van der Waals surface area contributed by atoms with Gasteiger partial charge in [-0.1, -0.05) is 30.3 Å². The fraction of sp³-hybridized carbons (Fsp3) is 0.500. The van der Waals surface area contributed by atoms with Crippen molar-refractivity contribution in [2.45, 2.75) is 52.6 Å². The number of aromatic nitrogens is 1. The second kappa shape index (κ2) is 6.02. The minimum Gasteiger partial charge on any atom is -0.359 e. The summed E-state index contributed by atoms with van der Waals surface area (Å²) in [7, 11) is 0. The predicted molar refractivity (Wildman–Crippen MR) is 84.2 cm³/mol. The molecule has 1 aromatic heterocycles. The Morgan fingerprint density at radius 1 is 1.24 bits per heavy atom. The van der Waals surface area contributed by atoms with Gasteiger partial charge in [-0.05, 0) is 56.3 Å². The van der Waals surface area contributed by atoms with Crippen molar-refractivity contribution < 1.29 is 4.52 Å². The van der Waals surface area contributed by atoms with Crippen LogP contribution in [0.5, 0.6) is 0 Å². The van der Waals surface area contributed by atoms with Crippen LogP contribution < -0.4 is 0 Å². The van der Waals surface area contributed by atoms with Crippen LogP contribution in [0.1, 0.15) is 54.0 Å². The third-order valence-corrected chi connectivity index (χ3v) is 4.59. The van der Waals surface area contributed by atoms with E-state index < -0.39 is 0 Å². The normalized spacial score (nSPS) is 19.3. The van der Waals surface area contributed by atoms with Gasteiger partial charge in [0.2, 0.25) is 0 Å². The lowest BCUT2D eigenvalue weighted by atomic mass is 10.1. The van der Waals surface area contributed by atoms with Crippen molar-refractivity contribution in [1.82, 2.24) is 10.1 Å². The molecule has 0 saturated carbocycles. The molecule has 1 aliphatic rings. The minimum atomic E-state index is 0.388. The minimum absolute atomic E-state index is 0.388. The Bertz CT molecular complexity index is 617. The number of likely N-dealkylation sites (tertiary alicyclic amines) is 1. The molecule has 1 atom stereocenters. The Kier molecular flexibility index (Phi) is 4.11. The van der Waals surface area contributed by atoms with Crippen molar-refractivity contribution in [2.24, 2.45) is 0 Å². The fourth-order valence-electron chi connectivity index (χ4n) is 3.13. The van der Waals surface area contributed by atoms with Gasteiger partial charge in [0.25, 0.3) is 0 Å². The van der Waals surface area contributed by atoms with Gasteiger partial charge < -0.3 is 4.52 Å². The van der Waals surface area contributed by atoms with E-state index in [9.17, 15) is 0 Å². The first-order chi connectivity index (χ1) is 10.2. The summed E-state index contributed by atoms with van der Waals surface area (Å²) in [5.41, 5.74) is 5.18. The van der Waals surface area contributed by atoms with E-state index in [4.69, 9.17) is 4.52 Å². The Hall–Kier alpha value is -1.61. The monoisotopic (exact) mass is 284 g/mol. The maximum atomic E-state index is 5.56. The van der Waals surface area contributed by atoms with Gasteiger partial charge in [-0.15, -0.1) is 0 Å². The summed E-state index contributed by atoms with van der Waals surface area (Å²) in [4.78, 5) is 2.52. The van der Waals surface area contributed by atoms with Gasteiger partial charge in [0.05, 0.1) is 11.7 Å². The summed E-state index contributed by atoms with van der Waals surface area (Å²) >= 11 is 0. The molecule has 0 radical (unpaired) electrons. The van der Waals surface area contributed by atoms with Crippen LogP contribution in [0.25, 0.3) is 0 Å². The highest BCUT2D eigenvalue weighted by Crippen LogP contribution is 2.33. The molecule has 0 N–H and O–H groups in total. The standard InChI is InChI=1S/C18H24N2O/c1-4-16-11-18(21-19-16)17-6-5-9-20(17)12-15-8-7-13(2)14(3)10-15/h7-8,10-11,17H,4-6,9,12H2,1-3H3/t17-/m0/s1. The fourth-order valence-corrected chi connectivity index (χ4v) is 3.13. The molecule has 0 unspecified atom stereocenters. The Morgan fingerprint density at radius 2 is 2.10 bits per heavy atom. The topological polar surface area (TPSA) is 29.3 Å². The largest absolute Gasteiger partial charge is 0.359 e. The van der Waals surface area contributed by atoms with Crippen LogP contribution >= 0.6 is 0 Å². The lowest BCUT2D eigenvalue weighted by molar-refractivity contribution is 0.206. The third-order valence-electron chi connectivity index (χ3n) is 4.59. The Balaban J connectivity index is 1.76. The van der Waals surface area contributed by atoms with Crippen molar-refractivity contribution in [1.29, 1.82) is 0 Å². The zero-order valence-corrected chi connectivity index (χ0v) is 13.2. The van der Waals surface area contributed by atoms with Crippen molar-refractivity contribution in [2.75, 3.05) is 6.54 Å². The van der Waals surface area contributed by atoms with Crippen molar-refractivity contribution in [3.8, 4) is 0 Å². The molecule has 2 aromatic rings. The first-order valence-electron chi connectivity index (χ1n) is 7.93. The third kappa shape index (κ3) is 3.03. The number of hydrogen-bond acceptors (Lipinski definition) is 3. The highest BCUT2D eigenvalue weighted by atomic mass is 16.5. The van der Waals surface area contributed by atoms with Crippen LogP contribution in [0.3, 0.4) is 0 Å². The van der Waals surface area contributed by atoms with Crippen molar-refractivity contribution in [3.63, 3.8) is 0 Å². The molecule has 0 bridgehead atoms. The molecule has 1 aromatic carbocycles. The molecular formula is C18H24N2O. The summed E-state index contributed by atoms with van der Waals surface area (Å²) in [6, 6.07) is 9.29. The van der Waals surface area contributed by atoms with Gasteiger partial charge in [0.1, 0.15) is 0 Å². The van der Waals surface area contributed by atoms with Crippen molar-refractivity contribution >= 4 is 0 Å². The lowest BCUT2D eigenvalue weighted by Crippen LogP contribution is -2.22. The highest BCUT2D eigenvalue weighted by molar-refractivity contribution is 5.30. The second-order valence-corrected chi connectivity index (χ2v) is 6.12. The van der Waals surface area contributed by atoms with Crippen LogP contribution in [-0.2, 0) is 13.0 Å². The molecule has 112 valence electrons. The first-order valence-corrected chi connectivity index (χ1v) is 7.93. The number of rotatable bonds is 4. The van der Waals surface area contributed by atoms with Gasteiger partial charge in [0.15, 0.2) is 5.76 Å². The quantitative estimate of drug-likeness (QED) is 0.843. The van der Waals surface area contributed by atoms with E-state index in [1.165, 1.54) is 29.5 Å². The maximum absolute atomic E-state index is 5.56. The number of aryl methyl sites for hydroxylation is 3. The average Bonchev–Trinajstić information content (AvgIpc) is 3.11. The Labute approximate surface area is 126 Å². The zero-order valence-electron chi connectivity index (χ0n) is 13.2. The molecule has 3 rings (SSSR count). The van der Waals surface area contributed by atoms with Crippen molar-refractivity contribution in [3.05, 3.63) is 52.4 Å². The summed E-state index contributed by atoms with van der Waals surface area (Å²) < 4.78 is 5.56. The lowest BCUT2D eigenvalue weighted by Gasteiger charge is -2.22. The van der Waals surface area contributed by atoms with Gasteiger partial charge in [-0.3, -0.25) is 4.90 Å². The van der Waals surface area contributed by atoms with E-state index in [1.54, 1.807) is 0 Å². The van der Waals surface area contributed by atoms with Crippen LogP contribution in [0.4, 0.5) is 0 Å². The number of hydrogen-bond donors (Lipinski definition) is 0. The second-order valence-electron chi connectivity index (χ2n) is 6.12. The molecule has 0 aliphatic carbocycles. The van der Waals surface area contributed by atoms with Gasteiger partial charge in [-0.25, -0.2) is 0 Å². The maximum Gasteiger partial charge on any atom is 0.154 e. The molecule has 0 spiro atoms. The molecular weight excluding hydrogens is 260 g/mol. The van der Waals surface area contributed by atoms with Gasteiger partial charge in [-0.2, -0.15) is 0 Å². The Morgan fingerprint density at radius 3 is 2.81 bits per heavy atom. The molecule has 3 heteroatoms. The molecule has 21 heavy (non-hydrogen) atoms. The molecule has 2 heterocycles. The SMILES string of the molecule is CCc1cc([C@@H]2CCCN2Cc2ccc(C)c(C)c2)on1. The molecule has 1 saturated heterocycles. The average molecular weight is 284 g/mol. The zero-order chi connectivity index (χ0) is 14.8.